The molecule has 81 heavy (non-hydrogen) atoms. The van der Waals surface area contributed by atoms with E-state index in [2.05, 4.69) is 130 Å². The van der Waals surface area contributed by atoms with Crippen LogP contribution in [0.4, 0.5) is 0 Å². The number of rotatable bonds is 62. The van der Waals surface area contributed by atoms with Gasteiger partial charge in [0, 0.05) is 19.3 Å². The third-order valence-corrected chi connectivity index (χ3v) is 14.7. The van der Waals surface area contributed by atoms with Crippen LogP contribution in [0.1, 0.15) is 329 Å². The molecule has 0 heterocycles. The van der Waals surface area contributed by atoms with Gasteiger partial charge in [-0.3, -0.25) is 14.4 Å². The Kier molecular flexibility index (Phi) is 65.2. The SMILES string of the molecule is CC/C=C\C/C=C\C/C=C\C/C=C\C/C=C\C/C=C\C/C=C\CCCCCC(=O)OCC(COC(=O)CCCCCCC/C=C\CCCCCC)OC(=O)CCCCCCCCCCCCCCC/C=C\CCCCCCCCCC. The van der Waals surface area contributed by atoms with Crippen LogP contribution >= 0.6 is 0 Å². The van der Waals surface area contributed by atoms with Crippen LogP contribution in [0.5, 0.6) is 0 Å². The fourth-order valence-electron chi connectivity index (χ4n) is 9.59. The molecule has 0 amide bonds. The molecule has 0 aromatic heterocycles. The van der Waals surface area contributed by atoms with Crippen molar-refractivity contribution in [2.75, 3.05) is 13.2 Å². The average molecular weight is 1130 g/mol. The highest BCUT2D eigenvalue weighted by Gasteiger charge is 2.19. The molecule has 0 rings (SSSR count). The first-order chi connectivity index (χ1) is 40.0. The minimum atomic E-state index is -0.798. The fourth-order valence-corrected chi connectivity index (χ4v) is 9.59. The number of carbonyl (C=O) groups is 3. The van der Waals surface area contributed by atoms with Crippen molar-refractivity contribution < 1.29 is 28.6 Å². The molecule has 464 valence electrons. The molecule has 0 saturated carbocycles. The van der Waals surface area contributed by atoms with Crippen molar-refractivity contribution in [3.8, 4) is 0 Å². The number of ether oxygens (including phenoxy) is 3. The van der Waals surface area contributed by atoms with Gasteiger partial charge in [-0.1, -0.05) is 291 Å². The summed E-state index contributed by atoms with van der Waals surface area (Å²) in [5.74, 6) is -0.924. The summed E-state index contributed by atoms with van der Waals surface area (Å²) in [6.07, 6.45) is 93.9. The van der Waals surface area contributed by atoms with Gasteiger partial charge in [0.1, 0.15) is 13.2 Å². The second-order valence-corrected chi connectivity index (χ2v) is 22.7. The highest BCUT2D eigenvalue weighted by molar-refractivity contribution is 5.71. The summed E-state index contributed by atoms with van der Waals surface area (Å²) >= 11 is 0. The molecule has 0 aromatic carbocycles. The van der Waals surface area contributed by atoms with Crippen LogP contribution in [0.25, 0.3) is 0 Å². The minimum Gasteiger partial charge on any atom is -0.462 e. The van der Waals surface area contributed by atoms with E-state index in [1.807, 2.05) is 0 Å². The predicted molar refractivity (Wildman–Crippen MR) is 353 cm³/mol. The van der Waals surface area contributed by atoms with Gasteiger partial charge in [-0.05, 0) is 128 Å². The van der Waals surface area contributed by atoms with Gasteiger partial charge in [0.05, 0.1) is 0 Å². The summed E-state index contributed by atoms with van der Waals surface area (Å²) in [4.78, 5) is 38.4. The molecule has 0 N–H and O–H groups in total. The normalized spacial score (nSPS) is 12.8. The summed E-state index contributed by atoms with van der Waals surface area (Å²) in [6, 6.07) is 0. The lowest BCUT2D eigenvalue weighted by Crippen LogP contribution is -2.30. The standard InChI is InChI=1S/C75H128O6/c1-4-7-10-13-16-19-22-25-27-29-31-33-35-37-39-41-43-45-47-50-53-56-59-62-65-68-74(77)80-71-72(70-79-73(76)67-64-61-58-55-52-49-24-21-18-15-12-9-6-3)81-75(78)69-66-63-60-57-54-51-48-46-44-42-40-38-36-34-32-30-28-26-23-20-17-14-11-8-5-2/h7,10,16,19,21,24-25,27,30-33,37,39,43,45,50,53,72H,4-6,8-9,11-15,17-18,20,22-23,26,28-29,34-36,38,40-42,44,46-49,51-52,54-71H2,1-3H3/b10-7-,19-16-,24-21-,27-25-,32-30-,33-31-,39-37-,45-43-,53-50-. The van der Waals surface area contributed by atoms with Crippen molar-refractivity contribution in [1.82, 2.24) is 0 Å². The summed E-state index contributed by atoms with van der Waals surface area (Å²) in [6.45, 7) is 6.51. The van der Waals surface area contributed by atoms with E-state index in [0.29, 0.717) is 19.3 Å². The zero-order valence-electron chi connectivity index (χ0n) is 53.3. The Bertz CT molecular complexity index is 1620. The van der Waals surface area contributed by atoms with Crippen molar-refractivity contribution in [3.05, 3.63) is 109 Å². The zero-order chi connectivity index (χ0) is 58.5. The van der Waals surface area contributed by atoms with Crippen LogP contribution in [-0.4, -0.2) is 37.2 Å². The lowest BCUT2D eigenvalue weighted by atomic mass is 10.0. The summed E-state index contributed by atoms with van der Waals surface area (Å²) in [5.41, 5.74) is 0. The molecule has 0 aliphatic rings. The number of hydrogen-bond donors (Lipinski definition) is 0. The average Bonchev–Trinajstić information content (AvgIpc) is 3.46. The Morgan fingerprint density at radius 2 is 0.481 bits per heavy atom. The second-order valence-electron chi connectivity index (χ2n) is 22.7. The Balaban J connectivity index is 4.37. The zero-order valence-corrected chi connectivity index (χ0v) is 53.3. The fraction of sp³-hybridized carbons (Fsp3) is 0.720. The van der Waals surface area contributed by atoms with Crippen molar-refractivity contribution in [3.63, 3.8) is 0 Å². The number of carbonyl (C=O) groups excluding carboxylic acids is 3. The van der Waals surface area contributed by atoms with E-state index < -0.39 is 6.10 Å². The van der Waals surface area contributed by atoms with Gasteiger partial charge in [-0.2, -0.15) is 0 Å². The maximum Gasteiger partial charge on any atom is 0.306 e. The molecule has 1 atom stereocenters. The maximum atomic E-state index is 12.9. The highest BCUT2D eigenvalue weighted by Crippen LogP contribution is 2.16. The molecule has 0 bridgehead atoms. The molecule has 0 aromatic rings. The molecular formula is C75H128O6. The van der Waals surface area contributed by atoms with Gasteiger partial charge in [0.15, 0.2) is 6.10 Å². The van der Waals surface area contributed by atoms with Crippen LogP contribution in [0, 0.1) is 0 Å². The van der Waals surface area contributed by atoms with E-state index in [-0.39, 0.29) is 31.1 Å². The Morgan fingerprint density at radius 1 is 0.259 bits per heavy atom. The molecule has 0 fully saturated rings. The first-order valence-corrected chi connectivity index (χ1v) is 34.4. The molecule has 0 spiro atoms. The number of unbranched alkanes of at least 4 members (excludes halogenated alkanes) is 33. The number of esters is 3. The Hall–Kier alpha value is -3.93. The van der Waals surface area contributed by atoms with Crippen molar-refractivity contribution in [2.45, 2.75) is 335 Å². The molecule has 0 saturated heterocycles. The summed E-state index contributed by atoms with van der Waals surface area (Å²) < 4.78 is 16.9. The van der Waals surface area contributed by atoms with Crippen molar-refractivity contribution in [2.24, 2.45) is 0 Å². The van der Waals surface area contributed by atoms with E-state index in [9.17, 15) is 14.4 Å². The van der Waals surface area contributed by atoms with E-state index >= 15 is 0 Å². The quantitative estimate of drug-likeness (QED) is 0.0261. The maximum absolute atomic E-state index is 12.9. The monoisotopic (exact) mass is 1120 g/mol. The Morgan fingerprint density at radius 3 is 0.790 bits per heavy atom. The first-order valence-electron chi connectivity index (χ1n) is 34.4. The van der Waals surface area contributed by atoms with E-state index in [4.69, 9.17) is 14.2 Å². The van der Waals surface area contributed by atoms with Gasteiger partial charge in [0.2, 0.25) is 0 Å². The number of hydrogen-bond acceptors (Lipinski definition) is 6. The third-order valence-electron chi connectivity index (χ3n) is 14.7. The Labute approximate surface area is 501 Å². The summed E-state index contributed by atoms with van der Waals surface area (Å²) in [7, 11) is 0. The molecule has 0 aliphatic carbocycles. The van der Waals surface area contributed by atoms with E-state index in [1.54, 1.807) is 0 Å². The molecule has 6 nitrogen and oxygen atoms in total. The van der Waals surface area contributed by atoms with Gasteiger partial charge in [-0.15, -0.1) is 0 Å². The smallest absolute Gasteiger partial charge is 0.306 e. The van der Waals surface area contributed by atoms with Gasteiger partial charge < -0.3 is 14.2 Å². The lowest BCUT2D eigenvalue weighted by Gasteiger charge is -2.18. The van der Waals surface area contributed by atoms with Crippen LogP contribution in [0.15, 0.2) is 109 Å². The van der Waals surface area contributed by atoms with Gasteiger partial charge in [-0.25, -0.2) is 0 Å². The van der Waals surface area contributed by atoms with Crippen LogP contribution < -0.4 is 0 Å². The third kappa shape index (κ3) is 66.8. The van der Waals surface area contributed by atoms with Crippen LogP contribution in [-0.2, 0) is 28.6 Å². The van der Waals surface area contributed by atoms with E-state index in [1.165, 1.54) is 173 Å². The van der Waals surface area contributed by atoms with Gasteiger partial charge >= 0.3 is 17.9 Å². The van der Waals surface area contributed by atoms with Crippen LogP contribution in [0.2, 0.25) is 0 Å². The lowest BCUT2D eigenvalue weighted by molar-refractivity contribution is -0.167. The highest BCUT2D eigenvalue weighted by atomic mass is 16.6. The molecule has 0 aliphatic heterocycles. The van der Waals surface area contributed by atoms with Crippen molar-refractivity contribution >= 4 is 17.9 Å². The van der Waals surface area contributed by atoms with Gasteiger partial charge in [0.25, 0.3) is 0 Å². The van der Waals surface area contributed by atoms with Crippen molar-refractivity contribution in [1.29, 1.82) is 0 Å². The minimum absolute atomic E-state index is 0.0926. The van der Waals surface area contributed by atoms with Crippen LogP contribution in [0.3, 0.4) is 0 Å². The molecular weight excluding hydrogens is 997 g/mol. The first kappa shape index (κ1) is 77.1. The second kappa shape index (κ2) is 68.6. The van der Waals surface area contributed by atoms with E-state index in [0.717, 1.165) is 116 Å². The summed E-state index contributed by atoms with van der Waals surface area (Å²) in [5, 5.41) is 0. The molecule has 1 unspecified atom stereocenters. The number of allylic oxidation sites excluding steroid dienone is 18. The topological polar surface area (TPSA) is 78.9 Å². The largest absolute Gasteiger partial charge is 0.462 e. The predicted octanol–water partition coefficient (Wildman–Crippen LogP) is 23.8. The molecule has 6 heteroatoms. The molecule has 0 radical (unpaired) electrons.